The summed E-state index contributed by atoms with van der Waals surface area (Å²) in [6.07, 6.45) is 12.2. The standard InChI is InChI=1S/C36H43N5O5/c1-21-26(8-7-24-16-25(46-34(24)45)14-23-6-9-29-28(15-23)39-20-41(29)5)35(3)11-10-32(44)36(4,19-42)31(35)17-27(21)40-22(2)30(43)18-33-37-12-13-38-33/h6-9,12,14-16,20,22,26-27,31-32,40,42,44H,1,10-11,13,17-19H2,2-5H3/b8-7+,25-14+/t22?,26?,27?,31?,32-,35-,36+/m1/s1. The first-order valence-electron chi connectivity index (χ1n) is 16.0. The Bertz CT molecular complexity index is 1730. The average Bonchev–Trinajstić information content (AvgIpc) is 3.76. The van der Waals surface area contributed by atoms with Gasteiger partial charge < -0.3 is 24.8 Å². The zero-order chi connectivity index (χ0) is 32.8. The summed E-state index contributed by atoms with van der Waals surface area (Å²) in [5, 5.41) is 25.2. The smallest absolute Gasteiger partial charge is 0.343 e. The highest BCUT2D eigenvalue weighted by Crippen LogP contribution is 2.61. The van der Waals surface area contributed by atoms with Crippen molar-refractivity contribution in [3.63, 3.8) is 0 Å². The van der Waals surface area contributed by atoms with E-state index in [1.54, 1.807) is 24.7 Å². The number of imidazole rings is 1. The van der Waals surface area contributed by atoms with Crippen molar-refractivity contribution in [3.8, 4) is 0 Å². The van der Waals surface area contributed by atoms with E-state index >= 15 is 0 Å². The molecule has 3 heterocycles. The molecule has 2 aliphatic carbocycles. The predicted octanol–water partition coefficient (Wildman–Crippen LogP) is 4.09. The van der Waals surface area contributed by atoms with Gasteiger partial charge in [0.15, 0.2) is 5.78 Å². The van der Waals surface area contributed by atoms with E-state index in [0.29, 0.717) is 36.6 Å². The molecular weight excluding hydrogens is 582 g/mol. The summed E-state index contributed by atoms with van der Waals surface area (Å²) in [5.41, 5.74) is 3.00. The summed E-state index contributed by atoms with van der Waals surface area (Å²) >= 11 is 0. The van der Waals surface area contributed by atoms with Crippen LogP contribution in [0.1, 0.15) is 52.0 Å². The minimum Gasteiger partial charge on any atom is -0.423 e. The molecule has 46 heavy (non-hydrogen) atoms. The van der Waals surface area contributed by atoms with E-state index in [1.165, 1.54) is 0 Å². The second-order valence-corrected chi connectivity index (χ2v) is 13.7. The van der Waals surface area contributed by atoms with Crippen LogP contribution in [0.25, 0.3) is 17.1 Å². The maximum Gasteiger partial charge on any atom is 0.343 e. The van der Waals surface area contributed by atoms with Crippen LogP contribution in [0.2, 0.25) is 0 Å². The summed E-state index contributed by atoms with van der Waals surface area (Å²) in [6.45, 7) is 10.9. The number of ether oxygens (including phenoxy) is 1. The van der Waals surface area contributed by atoms with Gasteiger partial charge in [-0.05, 0) is 67.4 Å². The quantitative estimate of drug-likeness (QED) is 0.282. The number of allylic oxidation sites excluding steroid dienone is 2. The molecule has 0 radical (unpaired) electrons. The topological polar surface area (TPSA) is 138 Å². The lowest BCUT2D eigenvalue weighted by Gasteiger charge is -2.61. The maximum atomic E-state index is 13.1. The zero-order valence-electron chi connectivity index (χ0n) is 26.9. The van der Waals surface area contributed by atoms with Gasteiger partial charge in [0.1, 0.15) is 11.6 Å². The van der Waals surface area contributed by atoms with E-state index in [1.807, 2.05) is 55.8 Å². The molecule has 7 atom stereocenters. The highest BCUT2D eigenvalue weighted by molar-refractivity contribution is 6.07. The molecule has 6 rings (SSSR count). The van der Waals surface area contributed by atoms with Gasteiger partial charge in [-0.2, -0.15) is 0 Å². The maximum absolute atomic E-state index is 13.1. The van der Waals surface area contributed by atoms with Crippen LogP contribution in [0.15, 0.2) is 76.2 Å². The van der Waals surface area contributed by atoms with Crippen molar-refractivity contribution in [1.82, 2.24) is 14.9 Å². The van der Waals surface area contributed by atoms with Gasteiger partial charge in [-0.3, -0.25) is 9.79 Å². The Balaban J connectivity index is 1.27. The van der Waals surface area contributed by atoms with Gasteiger partial charge in [-0.15, -0.1) is 0 Å². The van der Waals surface area contributed by atoms with Crippen LogP contribution in [0.5, 0.6) is 0 Å². The average molecular weight is 626 g/mol. The highest BCUT2D eigenvalue weighted by Gasteiger charge is 2.59. The molecule has 0 spiro atoms. The Hall–Kier alpha value is -3.99. The van der Waals surface area contributed by atoms with Crippen molar-refractivity contribution < 1.29 is 24.5 Å². The number of aliphatic hydroxyl groups excluding tert-OH is 2. The van der Waals surface area contributed by atoms with E-state index in [0.717, 1.165) is 28.6 Å². The Morgan fingerprint density at radius 1 is 1.33 bits per heavy atom. The van der Waals surface area contributed by atoms with Crippen molar-refractivity contribution in [2.45, 2.75) is 64.6 Å². The number of amidine groups is 1. The third-order valence-electron chi connectivity index (χ3n) is 10.8. The van der Waals surface area contributed by atoms with Gasteiger partial charge >= 0.3 is 5.97 Å². The molecule has 10 nitrogen and oxygen atoms in total. The Morgan fingerprint density at radius 3 is 2.87 bits per heavy atom. The SMILES string of the molecule is C=C1C(NC(C)C(=O)CC2=NCC=N2)CC2[C@](C)(CC[C@@H](O)[C@@]2(C)CO)C1/C=C/C1=CC(=C\c2ccc3c(c2)ncn3C)/OC1=O. The van der Waals surface area contributed by atoms with Crippen molar-refractivity contribution in [2.24, 2.45) is 39.7 Å². The molecule has 242 valence electrons. The number of carbonyl (C=O) groups is 2. The van der Waals surface area contributed by atoms with Gasteiger partial charge in [0, 0.05) is 30.6 Å². The number of fused-ring (bicyclic) bond motifs is 2. The Labute approximate surface area is 269 Å². The van der Waals surface area contributed by atoms with Crippen LogP contribution >= 0.6 is 0 Å². The van der Waals surface area contributed by atoms with Gasteiger partial charge in [0.2, 0.25) is 0 Å². The van der Waals surface area contributed by atoms with E-state index in [9.17, 15) is 19.8 Å². The van der Waals surface area contributed by atoms with E-state index < -0.39 is 23.5 Å². The number of carbonyl (C=O) groups excluding carboxylic acids is 2. The first-order chi connectivity index (χ1) is 21.9. The van der Waals surface area contributed by atoms with E-state index in [4.69, 9.17) is 4.74 Å². The summed E-state index contributed by atoms with van der Waals surface area (Å²) in [4.78, 5) is 38.9. The van der Waals surface area contributed by atoms with Crippen molar-refractivity contribution in [3.05, 3.63) is 71.8 Å². The predicted molar refractivity (Wildman–Crippen MR) is 178 cm³/mol. The molecule has 2 aromatic rings. The molecule has 2 saturated carbocycles. The Kier molecular flexibility index (Phi) is 8.56. The second-order valence-electron chi connectivity index (χ2n) is 13.7. The van der Waals surface area contributed by atoms with Gasteiger partial charge in [0.05, 0.1) is 54.7 Å². The Morgan fingerprint density at radius 2 is 2.13 bits per heavy atom. The molecule has 4 aliphatic rings. The normalized spacial score (nSPS) is 32.6. The van der Waals surface area contributed by atoms with Crippen molar-refractivity contribution >= 4 is 40.9 Å². The lowest BCUT2D eigenvalue weighted by Crippen LogP contribution is -2.61. The molecule has 2 fully saturated rings. The molecule has 1 aromatic carbocycles. The number of nitrogens with one attached hydrogen (secondary N) is 1. The molecular formula is C36H43N5O5. The number of ketones is 1. The van der Waals surface area contributed by atoms with Gasteiger partial charge in [-0.25, -0.2) is 14.8 Å². The van der Waals surface area contributed by atoms with Gasteiger partial charge in [-0.1, -0.05) is 44.2 Å². The fraction of sp³-hybridized carbons (Fsp3) is 0.472. The molecule has 1 aromatic heterocycles. The summed E-state index contributed by atoms with van der Waals surface area (Å²) in [7, 11) is 1.94. The fourth-order valence-electron chi connectivity index (χ4n) is 7.95. The number of cyclic esters (lactones) is 1. The molecule has 3 N–H and O–H groups in total. The molecule has 0 bridgehead atoms. The number of aromatic nitrogens is 2. The van der Waals surface area contributed by atoms with Crippen LogP contribution < -0.4 is 5.32 Å². The van der Waals surface area contributed by atoms with E-state index in [-0.39, 0.29) is 42.1 Å². The summed E-state index contributed by atoms with van der Waals surface area (Å²) in [6, 6.07) is 5.17. The third kappa shape index (κ3) is 5.74. The number of Topliss-reactive ketones (excluding diaryl/α,β-unsaturated/α-hetero) is 1. The fourth-order valence-corrected chi connectivity index (χ4v) is 7.95. The highest BCUT2D eigenvalue weighted by atomic mass is 16.5. The zero-order valence-corrected chi connectivity index (χ0v) is 26.9. The lowest BCUT2D eigenvalue weighted by molar-refractivity contribution is -0.149. The number of nitrogens with zero attached hydrogens (tertiary/aromatic N) is 4. The summed E-state index contributed by atoms with van der Waals surface area (Å²) in [5.74, 6) is 0.263. The number of aliphatic imine (C=N–C) groups is 2. The van der Waals surface area contributed by atoms with Crippen LogP contribution in [0.3, 0.4) is 0 Å². The number of benzene rings is 1. The van der Waals surface area contributed by atoms with Crippen LogP contribution in [0, 0.1) is 22.7 Å². The lowest BCUT2D eigenvalue weighted by atomic mass is 9.45. The number of hydrogen-bond acceptors (Lipinski definition) is 9. The first kappa shape index (κ1) is 32.0. The third-order valence-corrected chi connectivity index (χ3v) is 10.8. The number of aliphatic hydroxyl groups is 2. The van der Waals surface area contributed by atoms with E-state index in [2.05, 4.69) is 33.8 Å². The minimum atomic E-state index is -0.740. The number of hydrogen-bond donors (Lipinski definition) is 3. The molecule has 4 unspecified atom stereocenters. The minimum absolute atomic E-state index is 0.0139. The molecule has 0 amide bonds. The first-order valence-corrected chi connectivity index (χ1v) is 16.0. The van der Waals surface area contributed by atoms with Crippen LogP contribution in [-0.4, -0.2) is 74.9 Å². The molecule has 10 heteroatoms. The van der Waals surface area contributed by atoms with Crippen LogP contribution in [-0.2, 0) is 21.4 Å². The number of rotatable bonds is 9. The van der Waals surface area contributed by atoms with Crippen LogP contribution in [0.4, 0.5) is 0 Å². The van der Waals surface area contributed by atoms with Crippen molar-refractivity contribution in [2.75, 3.05) is 13.2 Å². The number of esters is 1. The monoisotopic (exact) mass is 625 g/mol. The second kappa shape index (κ2) is 12.3. The van der Waals surface area contributed by atoms with Crippen molar-refractivity contribution in [1.29, 1.82) is 0 Å². The number of aryl methyl sites for hydroxylation is 1. The summed E-state index contributed by atoms with van der Waals surface area (Å²) < 4.78 is 7.56. The largest absolute Gasteiger partial charge is 0.423 e. The molecule has 2 aliphatic heterocycles. The van der Waals surface area contributed by atoms with Gasteiger partial charge in [0.25, 0.3) is 0 Å². The molecule has 0 saturated heterocycles.